The minimum Gasteiger partial charge on any atom is -0.508 e. The molecular formula is C32H27ClN2O5. The highest BCUT2D eigenvalue weighted by Crippen LogP contribution is 2.31. The van der Waals surface area contributed by atoms with Gasteiger partial charge in [-0.25, -0.2) is 0 Å². The van der Waals surface area contributed by atoms with E-state index in [0.29, 0.717) is 46.7 Å². The molecule has 202 valence electrons. The number of halogens is 1. The van der Waals surface area contributed by atoms with Crippen LogP contribution in [0.5, 0.6) is 23.0 Å². The summed E-state index contributed by atoms with van der Waals surface area (Å²) in [6.45, 7) is 2.99. The van der Waals surface area contributed by atoms with Crippen molar-refractivity contribution in [2.75, 3.05) is 11.9 Å². The molecule has 0 aliphatic heterocycles. The minimum atomic E-state index is -0.605. The van der Waals surface area contributed by atoms with Crippen molar-refractivity contribution >= 4 is 29.3 Å². The average molecular weight is 555 g/mol. The molecule has 0 aliphatic rings. The lowest BCUT2D eigenvalue weighted by Gasteiger charge is -2.15. The van der Waals surface area contributed by atoms with Gasteiger partial charge in [0.15, 0.2) is 11.5 Å². The van der Waals surface area contributed by atoms with Crippen molar-refractivity contribution in [2.45, 2.75) is 20.1 Å². The number of nitriles is 1. The highest BCUT2D eigenvalue weighted by Gasteiger charge is 2.13. The molecule has 0 heterocycles. The molecule has 8 heteroatoms. The fourth-order valence-electron chi connectivity index (χ4n) is 3.74. The van der Waals surface area contributed by atoms with Crippen LogP contribution in [0.2, 0.25) is 5.02 Å². The number of carbonyl (C=O) groups is 1. The summed E-state index contributed by atoms with van der Waals surface area (Å²) in [5.41, 5.74) is 2.66. The predicted molar refractivity (Wildman–Crippen MR) is 154 cm³/mol. The summed E-state index contributed by atoms with van der Waals surface area (Å²) in [5, 5.41) is 22.2. The van der Waals surface area contributed by atoms with Crippen molar-refractivity contribution in [3.63, 3.8) is 0 Å². The number of nitrogens with zero attached hydrogens (tertiary/aromatic N) is 1. The normalized spacial score (nSPS) is 10.9. The number of anilines is 1. The molecule has 0 unspecified atom stereocenters. The van der Waals surface area contributed by atoms with E-state index in [1.54, 1.807) is 18.2 Å². The van der Waals surface area contributed by atoms with Crippen molar-refractivity contribution in [1.82, 2.24) is 0 Å². The first-order valence-electron chi connectivity index (χ1n) is 12.5. The Labute approximate surface area is 237 Å². The number of ether oxygens (including phenoxy) is 3. The lowest BCUT2D eigenvalue weighted by Crippen LogP contribution is -2.13. The number of nitrogens with one attached hydrogen (secondary N) is 1. The van der Waals surface area contributed by atoms with Crippen LogP contribution < -0.4 is 19.5 Å². The summed E-state index contributed by atoms with van der Waals surface area (Å²) in [6, 6.07) is 28.3. The van der Waals surface area contributed by atoms with Gasteiger partial charge in [0.05, 0.1) is 6.61 Å². The second-order valence-electron chi connectivity index (χ2n) is 8.63. The maximum atomic E-state index is 12.7. The maximum Gasteiger partial charge on any atom is 0.266 e. The molecule has 7 nitrogen and oxygen atoms in total. The van der Waals surface area contributed by atoms with E-state index in [1.807, 2.05) is 61.5 Å². The van der Waals surface area contributed by atoms with Gasteiger partial charge in [-0.15, -0.1) is 0 Å². The molecule has 0 spiro atoms. The number of hydrogen-bond acceptors (Lipinski definition) is 6. The molecule has 4 aromatic rings. The van der Waals surface area contributed by atoms with Gasteiger partial charge in [0, 0.05) is 16.3 Å². The lowest BCUT2D eigenvalue weighted by atomic mass is 10.1. The van der Waals surface area contributed by atoms with Crippen molar-refractivity contribution in [3.05, 3.63) is 118 Å². The highest BCUT2D eigenvalue weighted by atomic mass is 35.5. The summed E-state index contributed by atoms with van der Waals surface area (Å²) < 4.78 is 17.9. The number of phenols is 1. The Kier molecular flexibility index (Phi) is 9.65. The lowest BCUT2D eigenvalue weighted by molar-refractivity contribution is -0.112. The largest absolute Gasteiger partial charge is 0.508 e. The van der Waals surface area contributed by atoms with Crippen molar-refractivity contribution < 1.29 is 24.1 Å². The third-order valence-electron chi connectivity index (χ3n) is 5.70. The molecule has 0 aromatic heterocycles. The van der Waals surface area contributed by atoms with Gasteiger partial charge in [-0.05, 0) is 78.7 Å². The number of phenolic OH excluding ortho intramolecular Hbond substituents is 1. The van der Waals surface area contributed by atoms with E-state index in [2.05, 4.69) is 5.32 Å². The smallest absolute Gasteiger partial charge is 0.266 e. The van der Waals surface area contributed by atoms with E-state index in [4.69, 9.17) is 25.8 Å². The van der Waals surface area contributed by atoms with Crippen molar-refractivity contribution in [3.8, 4) is 29.1 Å². The van der Waals surface area contributed by atoms with Gasteiger partial charge in [-0.1, -0.05) is 48.0 Å². The summed E-state index contributed by atoms with van der Waals surface area (Å²) in [7, 11) is 0. The monoisotopic (exact) mass is 554 g/mol. The van der Waals surface area contributed by atoms with Crippen molar-refractivity contribution in [1.29, 1.82) is 5.26 Å². The fourth-order valence-corrected chi connectivity index (χ4v) is 3.92. The van der Waals surface area contributed by atoms with Gasteiger partial charge in [-0.3, -0.25) is 4.79 Å². The number of benzene rings is 4. The SMILES string of the molecule is CCOc1cc(COc2ccc(Cl)cc2/C=C(\C#N)C(=O)Nc2ccc(O)cc2)ccc1OCc1ccccc1. The predicted octanol–water partition coefficient (Wildman–Crippen LogP) is 7.15. The van der Waals surface area contributed by atoms with Crippen LogP contribution in [0.25, 0.3) is 6.08 Å². The second-order valence-corrected chi connectivity index (χ2v) is 9.07. The molecule has 40 heavy (non-hydrogen) atoms. The van der Waals surface area contributed by atoms with E-state index >= 15 is 0 Å². The van der Waals surface area contributed by atoms with Gasteiger partial charge in [-0.2, -0.15) is 5.26 Å². The molecule has 0 saturated heterocycles. The first-order valence-corrected chi connectivity index (χ1v) is 12.9. The number of amides is 1. The third kappa shape index (κ3) is 7.79. The molecular weight excluding hydrogens is 528 g/mol. The van der Waals surface area contributed by atoms with Gasteiger partial charge >= 0.3 is 0 Å². The molecule has 0 radical (unpaired) electrons. The Morgan fingerprint density at radius 3 is 2.30 bits per heavy atom. The van der Waals surface area contributed by atoms with E-state index in [9.17, 15) is 15.2 Å². The van der Waals surface area contributed by atoms with Crippen LogP contribution in [-0.2, 0) is 18.0 Å². The molecule has 0 aliphatic carbocycles. The summed E-state index contributed by atoms with van der Waals surface area (Å²) in [6.07, 6.45) is 1.42. The Morgan fingerprint density at radius 1 is 0.875 bits per heavy atom. The standard InChI is InChI=1S/C32H27ClN2O5/c1-2-38-31-16-23(8-14-30(31)40-20-22-6-4-3-5-7-22)21-39-29-15-9-26(33)18-24(29)17-25(19-34)32(37)35-27-10-12-28(36)13-11-27/h3-18,36H,2,20-21H2,1H3,(H,35,37)/b25-17+. The first-order chi connectivity index (χ1) is 19.4. The van der Waals surface area contributed by atoms with Crippen LogP contribution in [0.4, 0.5) is 5.69 Å². The van der Waals surface area contributed by atoms with E-state index in [0.717, 1.165) is 11.1 Å². The van der Waals surface area contributed by atoms with Crippen LogP contribution in [0.15, 0.2) is 96.6 Å². The molecule has 0 fully saturated rings. The quantitative estimate of drug-likeness (QED) is 0.116. The fraction of sp³-hybridized carbons (Fsp3) is 0.125. The van der Waals surface area contributed by atoms with E-state index < -0.39 is 5.91 Å². The Morgan fingerprint density at radius 2 is 1.57 bits per heavy atom. The Balaban J connectivity index is 1.49. The Hall–Kier alpha value is -4.93. The van der Waals surface area contributed by atoms with Crippen LogP contribution in [-0.4, -0.2) is 17.6 Å². The van der Waals surface area contributed by atoms with Gasteiger partial charge in [0.2, 0.25) is 0 Å². The second kappa shape index (κ2) is 13.7. The third-order valence-corrected chi connectivity index (χ3v) is 5.94. The van der Waals surface area contributed by atoms with Gasteiger partial charge in [0.1, 0.15) is 36.4 Å². The number of rotatable bonds is 11. The number of aromatic hydroxyl groups is 1. The molecule has 4 rings (SSSR count). The molecule has 2 N–H and O–H groups in total. The van der Waals surface area contributed by atoms with Crippen LogP contribution in [0.1, 0.15) is 23.6 Å². The van der Waals surface area contributed by atoms with Gasteiger partial charge < -0.3 is 24.6 Å². The molecule has 0 bridgehead atoms. The van der Waals surface area contributed by atoms with E-state index in [-0.39, 0.29) is 17.9 Å². The zero-order valence-corrected chi connectivity index (χ0v) is 22.5. The molecule has 4 aromatic carbocycles. The highest BCUT2D eigenvalue weighted by molar-refractivity contribution is 6.30. The number of hydrogen-bond donors (Lipinski definition) is 2. The van der Waals surface area contributed by atoms with Crippen molar-refractivity contribution in [2.24, 2.45) is 0 Å². The molecule has 0 atom stereocenters. The van der Waals surface area contributed by atoms with Crippen LogP contribution in [0.3, 0.4) is 0 Å². The zero-order chi connectivity index (χ0) is 28.3. The average Bonchev–Trinajstić information content (AvgIpc) is 2.96. The molecule has 1 amide bonds. The number of carbonyl (C=O) groups excluding carboxylic acids is 1. The summed E-state index contributed by atoms with van der Waals surface area (Å²) in [5.74, 6) is 1.14. The van der Waals surface area contributed by atoms with E-state index in [1.165, 1.54) is 30.3 Å². The Bertz CT molecular complexity index is 1530. The zero-order valence-electron chi connectivity index (χ0n) is 21.8. The maximum absolute atomic E-state index is 12.7. The topological polar surface area (TPSA) is 101 Å². The van der Waals surface area contributed by atoms with Gasteiger partial charge in [0.25, 0.3) is 5.91 Å². The van der Waals surface area contributed by atoms with Crippen LogP contribution in [0, 0.1) is 11.3 Å². The molecule has 0 saturated carbocycles. The first kappa shape index (κ1) is 28.1. The van der Waals surface area contributed by atoms with Crippen LogP contribution >= 0.6 is 11.6 Å². The minimum absolute atomic E-state index is 0.0671. The summed E-state index contributed by atoms with van der Waals surface area (Å²) >= 11 is 6.21. The summed E-state index contributed by atoms with van der Waals surface area (Å²) in [4.78, 5) is 12.7.